The molecule has 0 saturated heterocycles. The molecular weight excluding hydrogens is 300 g/mol. The Morgan fingerprint density at radius 2 is 1.76 bits per heavy atom. The lowest BCUT2D eigenvalue weighted by molar-refractivity contribution is -0.105. The Bertz CT molecular complexity index is 575. The molecule has 5 rings (SSSR count). The Kier molecular flexibility index (Phi) is 3.34. The lowest BCUT2D eigenvalue weighted by atomic mass is 9.46. The van der Waals surface area contributed by atoms with Gasteiger partial charge in [-0.15, -0.1) is 0 Å². The van der Waals surface area contributed by atoms with Crippen molar-refractivity contribution >= 4 is 0 Å². The highest BCUT2D eigenvalue weighted by molar-refractivity contribution is 5.29. The second-order valence-corrected chi connectivity index (χ2v) is 12.2. The van der Waals surface area contributed by atoms with E-state index in [0.717, 1.165) is 58.7 Å². The molecule has 5 saturated carbocycles. The largest absolute Gasteiger partial charge is 0.0651 e. The van der Waals surface area contributed by atoms with Gasteiger partial charge < -0.3 is 0 Å². The van der Waals surface area contributed by atoms with Gasteiger partial charge in [0, 0.05) is 0 Å². The fraction of sp³-hybridized carbons (Fsp3) is 1.00. The predicted octanol–water partition coefficient (Wildman–Crippen LogP) is 7.04. The van der Waals surface area contributed by atoms with E-state index >= 15 is 0 Å². The maximum atomic E-state index is 2.82. The van der Waals surface area contributed by atoms with E-state index in [2.05, 4.69) is 48.5 Å². The quantitative estimate of drug-likeness (QED) is 0.516. The minimum Gasteiger partial charge on any atom is -0.0651 e. The summed E-state index contributed by atoms with van der Waals surface area (Å²) in [5, 5.41) is 0. The van der Waals surface area contributed by atoms with Crippen molar-refractivity contribution in [2.45, 2.75) is 87.0 Å². The Balaban J connectivity index is 1.63. The van der Waals surface area contributed by atoms with Crippen molar-refractivity contribution < 1.29 is 0 Å². The molecule has 0 heterocycles. The van der Waals surface area contributed by atoms with Crippen LogP contribution >= 0.6 is 0 Å². The first kappa shape index (κ1) is 17.1. The van der Waals surface area contributed by atoms with Crippen LogP contribution in [0.3, 0.4) is 0 Å². The van der Waals surface area contributed by atoms with E-state index in [1.807, 2.05) is 0 Å². The number of fused-ring (bicyclic) bond motifs is 1. The summed E-state index contributed by atoms with van der Waals surface area (Å²) in [4.78, 5) is 0. The molecule has 0 aromatic heterocycles. The SMILES string of the molecule is CCC1C2C(C(C)C(C)C)CC3CC4(CC4C)C4(C)CCC1C4(C)C32. The molecule has 0 amide bonds. The highest BCUT2D eigenvalue weighted by Crippen LogP contribution is 2.87. The lowest BCUT2D eigenvalue weighted by Gasteiger charge is -2.58. The van der Waals surface area contributed by atoms with Crippen LogP contribution in [0.2, 0.25) is 0 Å². The number of rotatable bonds is 3. The Morgan fingerprint density at radius 1 is 1.08 bits per heavy atom. The summed E-state index contributed by atoms with van der Waals surface area (Å²) in [5.41, 5.74) is 2.06. The predicted molar refractivity (Wildman–Crippen MR) is 106 cm³/mol. The summed E-state index contributed by atoms with van der Waals surface area (Å²) in [7, 11) is 0. The molecule has 0 aliphatic heterocycles. The third-order valence-electron chi connectivity index (χ3n) is 12.0. The zero-order valence-electron chi connectivity index (χ0n) is 17.9. The Labute approximate surface area is 156 Å². The molecule has 0 aromatic carbocycles. The molecular formula is C25H42. The van der Waals surface area contributed by atoms with Crippen LogP contribution < -0.4 is 0 Å². The fourth-order valence-electron chi connectivity index (χ4n) is 10.5. The van der Waals surface area contributed by atoms with E-state index in [1.165, 1.54) is 6.42 Å². The first-order chi connectivity index (χ1) is 11.7. The lowest BCUT2D eigenvalue weighted by Crippen LogP contribution is -2.53. The van der Waals surface area contributed by atoms with E-state index in [-0.39, 0.29) is 0 Å². The highest BCUT2D eigenvalue weighted by atomic mass is 14.9. The minimum absolute atomic E-state index is 0.656. The van der Waals surface area contributed by atoms with Crippen LogP contribution in [0.25, 0.3) is 0 Å². The summed E-state index contributed by atoms with van der Waals surface area (Å²) >= 11 is 0. The van der Waals surface area contributed by atoms with Gasteiger partial charge in [0.05, 0.1) is 0 Å². The van der Waals surface area contributed by atoms with E-state index in [4.69, 9.17) is 0 Å². The molecule has 142 valence electrons. The van der Waals surface area contributed by atoms with Crippen LogP contribution in [0, 0.1) is 69.5 Å². The van der Waals surface area contributed by atoms with E-state index < -0.39 is 0 Å². The van der Waals surface area contributed by atoms with Crippen LogP contribution in [-0.4, -0.2) is 0 Å². The highest BCUT2D eigenvalue weighted by Gasteiger charge is 2.81. The van der Waals surface area contributed by atoms with Crippen molar-refractivity contribution in [1.82, 2.24) is 0 Å². The van der Waals surface area contributed by atoms with Gasteiger partial charge in [-0.05, 0) is 102 Å². The van der Waals surface area contributed by atoms with Gasteiger partial charge >= 0.3 is 0 Å². The third kappa shape index (κ3) is 1.65. The monoisotopic (exact) mass is 342 g/mol. The summed E-state index contributed by atoms with van der Waals surface area (Å²) in [6.45, 7) is 18.3. The van der Waals surface area contributed by atoms with E-state index in [9.17, 15) is 0 Å². The van der Waals surface area contributed by atoms with Crippen molar-refractivity contribution in [2.75, 3.05) is 0 Å². The Morgan fingerprint density at radius 3 is 2.32 bits per heavy atom. The molecule has 0 nitrogen and oxygen atoms in total. The van der Waals surface area contributed by atoms with Crippen molar-refractivity contribution in [3.63, 3.8) is 0 Å². The minimum atomic E-state index is 0.656. The van der Waals surface area contributed by atoms with Crippen LogP contribution in [0.5, 0.6) is 0 Å². The summed E-state index contributed by atoms with van der Waals surface area (Å²) < 4.78 is 0. The molecule has 5 fully saturated rings. The molecule has 11 atom stereocenters. The van der Waals surface area contributed by atoms with Crippen LogP contribution in [-0.2, 0) is 0 Å². The number of hydrogen-bond acceptors (Lipinski definition) is 0. The standard InChI is InChI=1S/C25H42/c1-8-18-20-9-10-23(6)24(20,7)22-17(13-25(23)12-15(25)4)11-19(21(18)22)16(5)14(2)3/h14-22H,8-13H2,1-7H3. The summed E-state index contributed by atoms with van der Waals surface area (Å²) in [6.07, 6.45) is 9.30. The van der Waals surface area contributed by atoms with Gasteiger partial charge in [0.1, 0.15) is 0 Å². The van der Waals surface area contributed by atoms with Crippen LogP contribution in [0.15, 0.2) is 0 Å². The van der Waals surface area contributed by atoms with Gasteiger partial charge in [0.2, 0.25) is 0 Å². The molecule has 5 aliphatic rings. The van der Waals surface area contributed by atoms with Gasteiger partial charge in [0.25, 0.3) is 0 Å². The van der Waals surface area contributed by atoms with Gasteiger partial charge in [-0.2, -0.15) is 0 Å². The van der Waals surface area contributed by atoms with Crippen molar-refractivity contribution in [1.29, 1.82) is 0 Å². The first-order valence-electron chi connectivity index (χ1n) is 11.7. The second-order valence-electron chi connectivity index (χ2n) is 12.2. The molecule has 0 radical (unpaired) electrons. The normalized spacial score (nSPS) is 62.6. The molecule has 11 unspecified atom stereocenters. The molecule has 0 bridgehead atoms. The third-order valence-corrected chi connectivity index (χ3v) is 12.0. The number of hydrogen-bond donors (Lipinski definition) is 0. The fourth-order valence-corrected chi connectivity index (χ4v) is 10.5. The summed E-state index contributed by atoms with van der Waals surface area (Å²) in [6, 6.07) is 0. The molecule has 25 heavy (non-hydrogen) atoms. The van der Waals surface area contributed by atoms with Crippen molar-refractivity contribution in [3.8, 4) is 0 Å². The Hall–Kier alpha value is 0. The zero-order valence-corrected chi connectivity index (χ0v) is 17.9. The van der Waals surface area contributed by atoms with Gasteiger partial charge in [-0.1, -0.05) is 54.9 Å². The van der Waals surface area contributed by atoms with Crippen LogP contribution in [0.4, 0.5) is 0 Å². The average Bonchev–Trinajstić information content (AvgIpc) is 2.85. The second kappa shape index (κ2) is 4.88. The molecule has 0 aromatic rings. The average molecular weight is 343 g/mol. The van der Waals surface area contributed by atoms with Crippen LogP contribution in [0.1, 0.15) is 87.0 Å². The van der Waals surface area contributed by atoms with E-state index in [0.29, 0.717) is 10.8 Å². The zero-order chi connectivity index (χ0) is 17.9. The smallest absolute Gasteiger partial charge is 0.0202 e. The maximum Gasteiger partial charge on any atom is -0.0202 e. The summed E-state index contributed by atoms with van der Waals surface area (Å²) in [5.74, 6) is 9.10. The van der Waals surface area contributed by atoms with Crippen molar-refractivity contribution in [3.05, 3.63) is 0 Å². The van der Waals surface area contributed by atoms with E-state index in [1.54, 1.807) is 32.1 Å². The maximum absolute atomic E-state index is 2.82. The molecule has 1 spiro atoms. The van der Waals surface area contributed by atoms with Gasteiger partial charge in [-0.25, -0.2) is 0 Å². The molecule has 0 N–H and O–H groups in total. The topological polar surface area (TPSA) is 0 Å². The van der Waals surface area contributed by atoms with Gasteiger partial charge in [-0.3, -0.25) is 0 Å². The first-order valence-corrected chi connectivity index (χ1v) is 11.7. The molecule has 0 heteroatoms. The van der Waals surface area contributed by atoms with Crippen molar-refractivity contribution in [2.24, 2.45) is 69.5 Å². The van der Waals surface area contributed by atoms with Gasteiger partial charge in [0.15, 0.2) is 0 Å². The molecule has 5 aliphatic carbocycles.